The van der Waals surface area contributed by atoms with E-state index < -0.39 is 0 Å². The van der Waals surface area contributed by atoms with E-state index in [1.807, 2.05) is 11.0 Å². The van der Waals surface area contributed by atoms with Gasteiger partial charge in [0.1, 0.15) is 11.4 Å². The van der Waals surface area contributed by atoms with Crippen molar-refractivity contribution < 1.29 is 9.90 Å². The molecule has 6 heteroatoms. The van der Waals surface area contributed by atoms with Gasteiger partial charge in [-0.3, -0.25) is 14.8 Å². The number of aromatic nitrogens is 2. The van der Waals surface area contributed by atoms with Gasteiger partial charge in [0, 0.05) is 37.8 Å². The number of phenolic OH excluding ortho intramolecular Hbond substituents is 1. The molecule has 28 heavy (non-hydrogen) atoms. The Bertz CT molecular complexity index is 810. The molecule has 6 nitrogen and oxygen atoms in total. The molecule has 1 saturated carbocycles. The summed E-state index contributed by atoms with van der Waals surface area (Å²) >= 11 is 0. The van der Waals surface area contributed by atoms with Gasteiger partial charge in [0.2, 0.25) is 0 Å². The van der Waals surface area contributed by atoms with Gasteiger partial charge < -0.3 is 10.0 Å². The third-order valence-corrected chi connectivity index (χ3v) is 5.97. The maximum absolute atomic E-state index is 13.2. The summed E-state index contributed by atoms with van der Waals surface area (Å²) in [7, 11) is 0. The molecule has 1 aliphatic carbocycles. The Hall–Kier alpha value is -2.34. The highest BCUT2D eigenvalue weighted by Gasteiger charge is 2.33. The molecule has 150 valence electrons. The fraction of sp³-hybridized carbons (Fsp3) is 0.545. The van der Waals surface area contributed by atoms with Crippen molar-refractivity contribution in [1.82, 2.24) is 20.0 Å². The minimum absolute atomic E-state index is 0.0245. The average molecular weight is 383 g/mol. The molecule has 1 atom stereocenters. The predicted molar refractivity (Wildman–Crippen MR) is 109 cm³/mol. The Balaban J connectivity index is 1.48. The van der Waals surface area contributed by atoms with Crippen molar-refractivity contribution in [3.8, 4) is 17.0 Å². The number of aromatic amines is 1. The number of hydrogen-bond acceptors (Lipinski definition) is 4. The van der Waals surface area contributed by atoms with E-state index in [4.69, 9.17) is 0 Å². The van der Waals surface area contributed by atoms with Crippen LogP contribution in [0.5, 0.6) is 5.75 Å². The van der Waals surface area contributed by atoms with E-state index in [9.17, 15) is 9.90 Å². The number of benzene rings is 1. The normalized spacial score (nSPS) is 21.1. The van der Waals surface area contributed by atoms with Crippen LogP contribution in [0.1, 0.15) is 43.6 Å². The van der Waals surface area contributed by atoms with Crippen molar-refractivity contribution in [2.75, 3.05) is 26.2 Å². The molecule has 2 aliphatic rings. The Morgan fingerprint density at radius 3 is 2.68 bits per heavy atom. The van der Waals surface area contributed by atoms with E-state index in [1.165, 1.54) is 19.4 Å². The van der Waals surface area contributed by atoms with Crippen LogP contribution in [-0.2, 0) is 0 Å². The number of nitrogens with one attached hydrogen (secondary N) is 1. The predicted octanol–water partition coefficient (Wildman–Crippen LogP) is 3.36. The lowest BCUT2D eigenvalue weighted by atomic mass is 10.0. The molecule has 0 spiro atoms. The number of aromatic hydroxyl groups is 1. The lowest BCUT2D eigenvalue weighted by Crippen LogP contribution is -2.46. The largest absolute Gasteiger partial charge is 0.508 e. The fourth-order valence-electron chi connectivity index (χ4n) is 4.12. The smallest absolute Gasteiger partial charge is 0.271 e. The molecule has 1 saturated heterocycles. The Labute approximate surface area is 166 Å². The first-order chi connectivity index (χ1) is 13.5. The van der Waals surface area contributed by atoms with E-state index in [-0.39, 0.29) is 11.7 Å². The van der Waals surface area contributed by atoms with Crippen molar-refractivity contribution in [3.63, 3.8) is 0 Å². The summed E-state index contributed by atoms with van der Waals surface area (Å²) in [5, 5.41) is 16.7. The van der Waals surface area contributed by atoms with Gasteiger partial charge in [0.15, 0.2) is 0 Å². The van der Waals surface area contributed by atoms with Crippen LogP contribution >= 0.6 is 0 Å². The molecule has 2 N–H and O–H groups in total. The number of nitrogens with zero attached hydrogens (tertiary/aromatic N) is 3. The molecule has 0 bridgehead atoms. The first-order valence-corrected chi connectivity index (χ1v) is 10.4. The molecule has 2 heterocycles. The highest BCUT2D eigenvalue weighted by molar-refractivity contribution is 5.93. The van der Waals surface area contributed by atoms with Gasteiger partial charge in [-0.15, -0.1) is 0 Å². The minimum atomic E-state index is 0.0245. The van der Waals surface area contributed by atoms with Crippen molar-refractivity contribution in [1.29, 1.82) is 0 Å². The second kappa shape index (κ2) is 7.95. The maximum Gasteiger partial charge on any atom is 0.271 e. The summed E-state index contributed by atoms with van der Waals surface area (Å²) in [5.74, 6) is 1.62. The number of amides is 1. The topological polar surface area (TPSA) is 72.5 Å². The summed E-state index contributed by atoms with van der Waals surface area (Å²) in [6, 6.07) is 9.08. The van der Waals surface area contributed by atoms with Crippen LogP contribution in [0.3, 0.4) is 0 Å². The van der Waals surface area contributed by atoms with Crippen LogP contribution in [0.4, 0.5) is 0 Å². The number of phenols is 1. The molecular formula is C22H30N4O2. The van der Waals surface area contributed by atoms with Gasteiger partial charge in [0.05, 0.1) is 5.69 Å². The number of carbonyl (C=O) groups excluding carboxylic acids is 1. The fourth-order valence-corrected chi connectivity index (χ4v) is 4.12. The summed E-state index contributed by atoms with van der Waals surface area (Å²) < 4.78 is 0. The standard InChI is InChI=1S/C22H30N4O2/c1-15(2)21-14-26(11-3-10-25(21)13-16-4-5-16)22(28)20-12-19(23-24-20)17-6-8-18(27)9-7-17/h6-9,12,15-16,21,27H,3-5,10-11,13-14H2,1-2H3,(H,23,24)/t21-/m0/s1. The van der Waals surface area contributed by atoms with Gasteiger partial charge >= 0.3 is 0 Å². The molecule has 0 unspecified atom stereocenters. The van der Waals surface area contributed by atoms with Crippen LogP contribution in [-0.4, -0.2) is 63.2 Å². The SMILES string of the molecule is CC(C)[C@@H]1CN(C(=O)c2cc(-c3ccc(O)cc3)n[nH]2)CCCN1CC1CC1. The maximum atomic E-state index is 13.2. The van der Waals surface area contributed by atoms with Gasteiger partial charge in [-0.25, -0.2) is 0 Å². The Morgan fingerprint density at radius 1 is 1.25 bits per heavy atom. The Morgan fingerprint density at radius 2 is 2.00 bits per heavy atom. The van der Waals surface area contributed by atoms with E-state index in [1.54, 1.807) is 24.3 Å². The number of carbonyl (C=O) groups is 1. The van der Waals surface area contributed by atoms with Crippen molar-refractivity contribution in [3.05, 3.63) is 36.0 Å². The summed E-state index contributed by atoms with van der Waals surface area (Å²) in [5.41, 5.74) is 2.12. The van der Waals surface area contributed by atoms with Crippen LogP contribution in [0, 0.1) is 11.8 Å². The average Bonchev–Trinajstić information content (AvgIpc) is 3.41. The van der Waals surface area contributed by atoms with Gasteiger partial charge in [-0.1, -0.05) is 13.8 Å². The minimum Gasteiger partial charge on any atom is -0.508 e. The Kier molecular flexibility index (Phi) is 5.40. The highest BCUT2D eigenvalue weighted by Crippen LogP contribution is 2.32. The van der Waals surface area contributed by atoms with Crippen molar-refractivity contribution in [2.45, 2.75) is 39.2 Å². The summed E-state index contributed by atoms with van der Waals surface area (Å²) in [6.45, 7) is 8.34. The van der Waals surface area contributed by atoms with Crippen LogP contribution in [0.15, 0.2) is 30.3 Å². The van der Waals surface area contributed by atoms with E-state index in [2.05, 4.69) is 28.9 Å². The van der Waals surface area contributed by atoms with Crippen LogP contribution in [0.2, 0.25) is 0 Å². The molecule has 1 aliphatic heterocycles. The molecule has 2 aromatic rings. The first-order valence-electron chi connectivity index (χ1n) is 10.4. The zero-order valence-corrected chi connectivity index (χ0v) is 16.8. The van der Waals surface area contributed by atoms with E-state index >= 15 is 0 Å². The third kappa shape index (κ3) is 4.22. The highest BCUT2D eigenvalue weighted by atomic mass is 16.3. The molecule has 1 amide bonds. The molecule has 1 aromatic heterocycles. The second-order valence-electron chi connectivity index (χ2n) is 8.57. The van der Waals surface area contributed by atoms with Crippen molar-refractivity contribution in [2.24, 2.45) is 11.8 Å². The second-order valence-corrected chi connectivity index (χ2v) is 8.57. The zero-order chi connectivity index (χ0) is 19.7. The van der Waals surface area contributed by atoms with Crippen LogP contribution in [0.25, 0.3) is 11.3 Å². The van der Waals surface area contributed by atoms with Crippen LogP contribution < -0.4 is 0 Å². The van der Waals surface area contributed by atoms with Crippen molar-refractivity contribution >= 4 is 5.91 Å². The van der Waals surface area contributed by atoms with Gasteiger partial charge in [-0.2, -0.15) is 5.10 Å². The quantitative estimate of drug-likeness (QED) is 0.832. The van der Waals surface area contributed by atoms with E-state index in [0.29, 0.717) is 23.3 Å². The van der Waals surface area contributed by atoms with Gasteiger partial charge in [0.25, 0.3) is 5.91 Å². The number of rotatable bonds is 5. The molecule has 4 rings (SSSR count). The summed E-state index contributed by atoms with van der Waals surface area (Å²) in [6.07, 6.45) is 3.73. The van der Waals surface area contributed by atoms with E-state index in [0.717, 1.165) is 37.5 Å². The first kappa shape index (κ1) is 19.0. The monoisotopic (exact) mass is 382 g/mol. The molecule has 0 radical (unpaired) electrons. The number of H-pyrrole nitrogens is 1. The molecule has 1 aromatic carbocycles. The number of hydrogen-bond donors (Lipinski definition) is 2. The molecular weight excluding hydrogens is 352 g/mol. The third-order valence-electron chi connectivity index (χ3n) is 5.97. The van der Waals surface area contributed by atoms with Gasteiger partial charge in [-0.05, 0) is 61.4 Å². The lowest BCUT2D eigenvalue weighted by Gasteiger charge is -2.34. The summed E-state index contributed by atoms with van der Waals surface area (Å²) in [4.78, 5) is 17.8. The molecule has 2 fully saturated rings. The zero-order valence-electron chi connectivity index (χ0n) is 16.8. The lowest BCUT2D eigenvalue weighted by molar-refractivity contribution is 0.0698.